The Morgan fingerprint density at radius 3 is 2.38 bits per heavy atom. The van der Waals surface area contributed by atoms with E-state index >= 15 is 0 Å². The fraction of sp³-hybridized carbons (Fsp3) is 0.200. The summed E-state index contributed by atoms with van der Waals surface area (Å²) < 4.78 is 37.6. The zero-order valence-electron chi connectivity index (χ0n) is 10.9. The molecular formula is C15H11F3N2O. The molecule has 0 radical (unpaired) electrons. The predicted octanol–water partition coefficient (Wildman–Crippen LogP) is 3.65. The molecule has 1 aliphatic rings. The minimum atomic E-state index is -4.34. The van der Waals surface area contributed by atoms with E-state index < -0.39 is 11.7 Å². The third-order valence-corrected chi connectivity index (χ3v) is 3.35. The number of carbonyl (C=O) groups excluding carboxylic acids is 1. The number of carbonyl (C=O) groups is 1. The van der Waals surface area contributed by atoms with Gasteiger partial charge in [0.2, 0.25) is 5.91 Å². The highest BCUT2D eigenvalue weighted by molar-refractivity contribution is 5.93. The lowest BCUT2D eigenvalue weighted by Crippen LogP contribution is -2.19. The number of nitrogens with zero attached hydrogens (tertiary/aromatic N) is 1. The number of amides is 1. The van der Waals surface area contributed by atoms with Gasteiger partial charge in [-0.1, -0.05) is 12.1 Å². The van der Waals surface area contributed by atoms with Crippen LogP contribution in [-0.4, -0.2) is 10.9 Å². The van der Waals surface area contributed by atoms with Gasteiger partial charge in [-0.25, -0.2) is 0 Å². The van der Waals surface area contributed by atoms with Crippen molar-refractivity contribution < 1.29 is 18.0 Å². The third-order valence-electron chi connectivity index (χ3n) is 3.35. The molecule has 1 N–H and O–H groups in total. The van der Waals surface area contributed by atoms with E-state index in [4.69, 9.17) is 0 Å². The van der Waals surface area contributed by atoms with E-state index in [9.17, 15) is 18.0 Å². The Morgan fingerprint density at radius 1 is 1.00 bits per heavy atom. The molecule has 21 heavy (non-hydrogen) atoms. The topological polar surface area (TPSA) is 42.0 Å². The van der Waals surface area contributed by atoms with Crippen molar-refractivity contribution in [2.75, 3.05) is 5.32 Å². The van der Waals surface area contributed by atoms with Gasteiger partial charge in [-0.05, 0) is 24.3 Å². The summed E-state index contributed by atoms with van der Waals surface area (Å²) in [4.78, 5) is 15.7. The highest BCUT2D eigenvalue weighted by atomic mass is 19.4. The quantitative estimate of drug-likeness (QED) is 0.871. The molecule has 0 saturated carbocycles. The van der Waals surface area contributed by atoms with Crippen molar-refractivity contribution in [3.63, 3.8) is 0 Å². The van der Waals surface area contributed by atoms with Gasteiger partial charge in [-0.2, -0.15) is 13.2 Å². The smallest absolute Gasteiger partial charge is 0.324 e. The van der Waals surface area contributed by atoms with Crippen molar-refractivity contribution in [3.8, 4) is 11.3 Å². The number of anilines is 1. The van der Waals surface area contributed by atoms with E-state index in [1.807, 2.05) is 0 Å². The lowest BCUT2D eigenvalue weighted by molar-refractivity contribution is -0.137. The molecule has 1 aromatic heterocycles. The average molecular weight is 292 g/mol. The van der Waals surface area contributed by atoms with Crippen LogP contribution in [0.1, 0.15) is 17.7 Å². The number of alkyl halides is 3. The SMILES string of the molecule is O=C1CCc2nc(-c3ccc(C(F)(F)F)cc3)ccc2N1. The van der Waals surface area contributed by atoms with E-state index in [1.165, 1.54) is 12.1 Å². The van der Waals surface area contributed by atoms with Gasteiger partial charge >= 0.3 is 6.18 Å². The van der Waals surface area contributed by atoms with Gasteiger partial charge in [0, 0.05) is 18.4 Å². The minimum Gasteiger partial charge on any atom is -0.324 e. The lowest BCUT2D eigenvalue weighted by Gasteiger charge is -2.16. The Bertz CT molecular complexity index is 693. The Hall–Kier alpha value is -2.37. The molecular weight excluding hydrogens is 281 g/mol. The van der Waals surface area contributed by atoms with Crippen LogP contribution in [0.5, 0.6) is 0 Å². The third kappa shape index (κ3) is 2.74. The average Bonchev–Trinajstić information content (AvgIpc) is 2.46. The Balaban J connectivity index is 1.92. The van der Waals surface area contributed by atoms with Crippen LogP contribution in [-0.2, 0) is 17.4 Å². The van der Waals surface area contributed by atoms with Crippen LogP contribution in [0, 0.1) is 0 Å². The zero-order chi connectivity index (χ0) is 15.0. The summed E-state index contributed by atoms with van der Waals surface area (Å²) in [7, 11) is 0. The molecule has 2 heterocycles. The highest BCUT2D eigenvalue weighted by Crippen LogP contribution is 2.31. The number of nitrogens with one attached hydrogen (secondary N) is 1. The molecule has 6 heteroatoms. The molecule has 0 atom stereocenters. The molecule has 0 aliphatic carbocycles. The van der Waals surface area contributed by atoms with Crippen LogP contribution in [0.4, 0.5) is 18.9 Å². The number of aromatic nitrogens is 1. The standard InChI is InChI=1S/C15H11F3N2O/c16-15(17,18)10-3-1-9(2-4-10)11-5-6-13-12(19-11)7-8-14(21)20-13/h1-6H,7-8H2,(H,20,21). The molecule has 3 rings (SSSR count). The number of halogens is 3. The van der Waals surface area contributed by atoms with Crippen LogP contribution >= 0.6 is 0 Å². The van der Waals surface area contributed by atoms with Gasteiger partial charge in [0.25, 0.3) is 0 Å². The van der Waals surface area contributed by atoms with Crippen LogP contribution < -0.4 is 5.32 Å². The molecule has 1 aromatic carbocycles. The first-order valence-electron chi connectivity index (χ1n) is 6.41. The first-order valence-corrected chi connectivity index (χ1v) is 6.41. The normalized spacial score (nSPS) is 14.5. The van der Waals surface area contributed by atoms with Gasteiger partial charge in [0.05, 0.1) is 22.6 Å². The van der Waals surface area contributed by atoms with E-state index in [2.05, 4.69) is 10.3 Å². The number of fused-ring (bicyclic) bond motifs is 1. The maximum Gasteiger partial charge on any atom is 0.416 e. The molecule has 3 nitrogen and oxygen atoms in total. The second-order valence-electron chi connectivity index (χ2n) is 4.81. The largest absolute Gasteiger partial charge is 0.416 e. The van der Waals surface area contributed by atoms with Crippen LogP contribution in [0.2, 0.25) is 0 Å². The molecule has 0 spiro atoms. The van der Waals surface area contributed by atoms with Gasteiger partial charge in [0.15, 0.2) is 0 Å². The number of pyridine rings is 1. The zero-order valence-corrected chi connectivity index (χ0v) is 10.9. The number of benzene rings is 1. The van der Waals surface area contributed by atoms with Gasteiger partial charge in [-0.15, -0.1) is 0 Å². The fourth-order valence-corrected chi connectivity index (χ4v) is 2.24. The number of hydrogen-bond donors (Lipinski definition) is 1. The van der Waals surface area contributed by atoms with Gasteiger partial charge in [0.1, 0.15) is 0 Å². The summed E-state index contributed by atoms with van der Waals surface area (Å²) in [6.45, 7) is 0. The molecule has 2 aromatic rings. The first-order chi connectivity index (χ1) is 9.93. The summed E-state index contributed by atoms with van der Waals surface area (Å²) in [6.07, 6.45) is -3.43. The monoisotopic (exact) mass is 292 g/mol. The summed E-state index contributed by atoms with van der Waals surface area (Å²) in [5.74, 6) is -0.0495. The maximum absolute atomic E-state index is 12.5. The number of aryl methyl sites for hydroxylation is 1. The molecule has 1 amide bonds. The van der Waals surface area contributed by atoms with E-state index in [0.717, 1.165) is 17.8 Å². The lowest BCUT2D eigenvalue weighted by atomic mass is 10.0. The molecule has 108 valence electrons. The van der Waals surface area contributed by atoms with E-state index in [1.54, 1.807) is 12.1 Å². The van der Waals surface area contributed by atoms with Gasteiger partial charge in [-0.3, -0.25) is 9.78 Å². The first kappa shape index (κ1) is 13.6. The second-order valence-corrected chi connectivity index (χ2v) is 4.81. The molecule has 0 bridgehead atoms. The van der Waals surface area contributed by atoms with Crippen molar-refractivity contribution in [1.82, 2.24) is 4.98 Å². The molecule has 0 fully saturated rings. The van der Waals surface area contributed by atoms with Crippen molar-refractivity contribution in [2.24, 2.45) is 0 Å². The molecule has 1 aliphatic heterocycles. The number of hydrogen-bond acceptors (Lipinski definition) is 2. The van der Waals surface area contributed by atoms with Crippen molar-refractivity contribution in [2.45, 2.75) is 19.0 Å². The summed E-state index contributed by atoms with van der Waals surface area (Å²) in [5.41, 5.74) is 1.95. The van der Waals surface area contributed by atoms with Crippen molar-refractivity contribution >= 4 is 11.6 Å². The van der Waals surface area contributed by atoms with Crippen LogP contribution in [0.25, 0.3) is 11.3 Å². The number of rotatable bonds is 1. The molecule has 0 saturated heterocycles. The summed E-state index contributed by atoms with van der Waals surface area (Å²) >= 11 is 0. The van der Waals surface area contributed by atoms with Gasteiger partial charge < -0.3 is 5.32 Å². The Kier molecular flexibility index (Phi) is 3.16. The van der Waals surface area contributed by atoms with Crippen LogP contribution in [0.3, 0.4) is 0 Å². The van der Waals surface area contributed by atoms with Crippen LogP contribution in [0.15, 0.2) is 36.4 Å². The second kappa shape index (κ2) is 4.87. The van der Waals surface area contributed by atoms with Crippen molar-refractivity contribution in [1.29, 1.82) is 0 Å². The summed E-state index contributed by atoms with van der Waals surface area (Å²) in [6, 6.07) is 8.30. The predicted molar refractivity (Wildman–Crippen MR) is 71.6 cm³/mol. The summed E-state index contributed by atoms with van der Waals surface area (Å²) in [5, 5.41) is 2.72. The van der Waals surface area contributed by atoms with Crippen molar-refractivity contribution in [3.05, 3.63) is 47.7 Å². The Labute approximate surface area is 118 Å². The Morgan fingerprint density at radius 2 is 1.71 bits per heavy atom. The maximum atomic E-state index is 12.5. The fourth-order valence-electron chi connectivity index (χ4n) is 2.24. The molecule has 0 unspecified atom stereocenters. The minimum absolute atomic E-state index is 0.0495. The van der Waals surface area contributed by atoms with E-state index in [-0.39, 0.29) is 5.91 Å². The van der Waals surface area contributed by atoms with E-state index in [0.29, 0.717) is 29.8 Å². The highest BCUT2D eigenvalue weighted by Gasteiger charge is 2.30.